The Morgan fingerprint density at radius 3 is 1.82 bits per heavy atom. The molecule has 0 atom stereocenters. The third-order valence-corrected chi connectivity index (χ3v) is 10.00. The fourth-order valence-electron chi connectivity index (χ4n) is 7.72. The predicted molar refractivity (Wildman–Crippen MR) is 213 cm³/mol. The molecule has 2 aromatic heterocycles. The van der Waals surface area contributed by atoms with Gasteiger partial charge < -0.3 is 9.32 Å². The van der Waals surface area contributed by atoms with Crippen LogP contribution in [0.3, 0.4) is 0 Å². The van der Waals surface area contributed by atoms with Crippen molar-refractivity contribution < 1.29 is 4.42 Å². The van der Waals surface area contributed by atoms with Gasteiger partial charge in [0.2, 0.25) is 5.71 Å². The quantitative estimate of drug-likeness (QED) is 0.178. The Kier molecular flexibility index (Phi) is 6.81. The molecule has 0 saturated carbocycles. The monoisotopic (exact) mass is 652 g/mol. The van der Waals surface area contributed by atoms with E-state index in [0.29, 0.717) is 0 Å². The fraction of sp³-hybridized carbons (Fsp3) is 0. The Hall–Kier alpha value is -6.84. The van der Waals surface area contributed by atoms with Crippen molar-refractivity contribution in [2.24, 2.45) is 0 Å². The van der Waals surface area contributed by atoms with Crippen LogP contribution in [-0.4, -0.2) is 4.40 Å². The van der Waals surface area contributed by atoms with E-state index in [1.54, 1.807) is 0 Å². The van der Waals surface area contributed by atoms with Crippen molar-refractivity contribution in [3.05, 3.63) is 194 Å². The van der Waals surface area contributed by atoms with Crippen LogP contribution in [0, 0.1) is 0 Å². The molecular weight excluding hydrogens is 621 g/mol. The first kappa shape index (κ1) is 29.1. The highest BCUT2D eigenvalue weighted by Gasteiger charge is 2.23. The molecule has 3 nitrogen and oxygen atoms in total. The van der Waals surface area contributed by atoms with Gasteiger partial charge in [-0.3, -0.25) is 4.40 Å². The van der Waals surface area contributed by atoms with Crippen LogP contribution in [0.1, 0.15) is 0 Å². The SMILES string of the molecule is c1ccc(-c2ccccc2N(c2ccc(-c3cccc4oc5c(-c6ccccc6)c6ccccc6n5c34)cc2)c2cccc3ccccc23)cc1. The van der Waals surface area contributed by atoms with Crippen molar-refractivity contribution >= 4 is 55.6 Å². The summed E-state index contributed by atoms with van der Waals surface area (Å²) in [4.78, 5) is 2.40. The second kappa shape index (κ2) is 11.9. The highest BCUT2D eigenvalue weighted by atomic mass is 16.3. The molecule has 10 rings (SSSR count). The number of anilines is 3. The topological polar surface area (TPSA) is 20.8 Å². The molecule has 51 heavy (non-hydrogen) atoms. The van der Waals surface area contributed by atoms with Crippen LogP contribution in [-0.2, 0) is 0 Å². The maximum atomic E-state index is 6.71. The van der Waals surface area contributed by atoms with Crippen LogP contribution >= 0.6 is 0 Å². The first-order chi connectivity index (χ1) is 25.3. The van der Waals surface area contributed by atoms with E-state index in [9.17, 15) is 0 Å². The largest absolute Gasteiger partial charge is 0.438 e. The molecule has 0 amide bonds. The summed E-state index contributed by atoms with van der Waals surface area (Å²) >= 11 is 0. The van der Waals surface area contributed by atoms with Crippen molar-refractivity contribution in [1.29, 1.82) is 0 Å². The van der Waals surface area contributed by atoms with E-state index in [-0.39, 0.29) is 0 Å². The molecule has 0 aliphatic carbocycles. The Morgan fingerprint density at radius 1 is 0.412 bits per heavy atom. The van der Waals surface area contributed by atoms with Crippen LogP contribution in [0.5, 0.6) is 0 Å². The third-order valence-electron chi connectivity index (χ3n) is 10.00. The molecule has 2 heterocycles. The van der Waals surface area contributed by atoms with E-state index in [0.717, 1.165) is 61.6 Å². The molecule has 0 bridgehead atoms. The summed E-state index contributed by atoms with van der Waals surface area (Å²) in [6.07, 6.45) is 0. The Bertz CT molecular complexity index is 2840. The second-order valence-electron chi connectivity index (χ2n) is 12.9. The standard InChI is InChI=1S/C48H32N2O/c1-3-15-33(16-4-1)38-22-9-11-25-42(38)49(43-27-13-20-34-17-7-8-21-39(34)43)37-31-29-35(30-32-37)40-24-14-28-45-47(40)50-44-26-12-10-23-41(44)46(48(50)51-45)36-18-5-2-6-19-36/h1-32H. The van der Waals surface area contributed by atoms with E-state index in [2.05, 4.69) is 203 Å². The van der Waals surface area contributed by atoms with Crippen LogP contribution in [0.25, 0.3) is 71.9 Å². The molecule has 0 aliphatic rings. The van der Waals surface area contributed by atoms with Gasteiger partial charge in [-0.25, -0.2) is 0 Å². The molecule has 240 valence electrons. The lowest BCUT2D eigenvalue weighted by atomic mass is 9.99. The summed E-state index contributed by atoms with van der Waals surface area (Å²) in [6, 6.07) is 69.0. The van der Waals surface area contributed by atoms with Crippen LogP contribution in [0.15, 0.2) is 199 Å². The molecule has 0 fully saturated rings. The number of benzene rings is 8. The number of rotatable bonds is 6. The number of para-hydroxylation sites is 3. The number of nitrogens with zero attached hydrogens (tertiary/aromatic N) is 2. The van der Waals surface area contributed by atoms with E-state index in [1.165, 1.54) is 27.3 Å². The van der Waals surface area contributed by atoms with Gasteiger partial charge in [-0.15, -0.1) is 0 Å². The molecule has 3 heteroatoms. The normalized spacial score (nSPS) is 11.5. The van der Waals surface area contributed by atoms with E-state index < -0.39 is 0 Å². The van der Waals surface area contributed by atoms with E-state index in [4.69, 9.17) is 4.42 Å². The molecule has 10 aromatic rings. The summed E-state index contributed by atoms with van der Waals surface area (Å²) in [5, 5.41) is 3.59. The van der Waals surface area contributed by atoms with Crippen molar-refractivity contribution in [3.63, 3.8) is 0 Å². The molecule has 0 radical (unpaired) electrons. The fourth-order valence-corrected chi connectivity index (χ4v) is 7.72. The van der Waals surface area contributed by atoms with Crippen molar-refractivity contribution in [3.8, 4) is 33.4 Å². The van der Waals surface area contributed by atoms with Crippen molar-refractivity contribution in [2.75, 3.05) is 4.90 Å². The lowest BCUT2D eigenvalue weighted by Crippen LogP contribution is -2.11. The molecule has 0 saturated heterocycles. The average molecular weight is 653 g/mol. The number of fused-ring (bicyclic) bond motifs is 6. The van der Waals surface area contributed by atoms with Crippen molar-refractivity contribution in [2.45, 2.75) is 0 Å². The van der Waals surface area contributed by atoms with Crippen LogP contribution in [0.2, 0.25) is 0 Å². The maximum Gasteiger partial charge on any atom is 0.213 e. The Labute approximate surface area is 295 Å². The number of hydrogen-bond donors (Lipinski definition) is 0. The summed E-state index contributed by atoms with van der Waals surface area (Å²) < 4.78 is 9.01. The molecule has 0 unspecified atom stereocenters. The van der Waals surface area contributed by atoms with Gasteiger partial charge in [0.25, 0.3) is 0 Å². The van der Waals surface area contributed by atoms with Gasteiger partial charge in [0.15, 0.2) is 5.58 Å². The smallest absolute Gasteiger partial charge is 0.213 e. The molecule has 8 aromatic carbocycles. The molecule has 0 spiro atoms. The Morgan fingerprint density at radius 2 is 1.00 bits per heavy atom. The summed E-state index contributed by atoms with van der Waals surface area (Å²) in [5.74, 6) is 0. The summed E-state index contributed by atoms with van der Waals surface area (Å²) in [5.41, 5.74) is 14.1. The zero-order chi connectivity index (χ0) is 33.7. The zero-order valence-electron chi connectivity index (χ0n) is 27.8. The van der Waals surface area contributed by atoms with Gasteiger partial charge in [-0.2, -0.15) is 0 Å². The van der Waals surface area contributed by atoms with Gasteiger partial charge in [0, 0.05) is 27.6 Å². The van der Waals surface area contributed by atoms with Gasteiger partial charge in [-0.05, 0) is 58.5 Å². The van der Waals surface area contributed by atoms with Crippen molar-refractivity contribution in [1.82, 2.24) is 4.40 Å². The van der Waals surface area contributed by atoms with Crippen LogP contribution in [0.4, 0.5) is 17.1 Å². The number of oxazole rings is 1. The maximum absolute atomic E-state index is 6.71. The predicted octanol–water partition coefficient (Wildman–Crippen LogP) is 13.5. The third kappa shape index (κ3) is 4.74. The second-order valence-corrected chi connectivity index (χ2v) is 12.9. The number of aromatic nitrogens is 1. The van der Waals surface area contributed by atoms with Gasteiger partial charge in [0.1, 0.15) is 0 Å². The highest BCUT2D eigenvalue weighted by Crippen LogP contribution is 2.45. The lowest BCUT2D eigenvalue weighted by Gasteiger charge is -2.29. The Balaban J connectivity index is 1.17. The van der Waals surface area contributed by atoms with E-state index in [1.807, 2.05) is 0 Å². The average Bonchev–Trinajstić information content (AvgIpc) is 3.74. The summed E-state index contributed by atoms with van der Waals surface area (Å²) in [6.45, 7) is 0. The zero-order valence-corrected chi connectivity index (χ0v) is 27.8. The van der Waals surface area contributed by atoms with E-state index >= 15 is 0 Å². The minimum atomic E-state index is 0.862. The minimum absolute atomic E-state index is 0.862. The first-order valence-electron chi connectivity index (χ1n) is 17.4. The molecule has 0 N–H and O–H groups in total. The van der Waals surface area contributed by atoms with Gasteiger partial charge in [-0.1, -0.05) is 158 Å². The lowest BCUT2D eigenvalue weighted by molar-refractivity contribution is 0.658. The number of hydrogen-bond acceptors (Lipinski definition) is 2. The van der Waals surface area contributed by atoms with Gasteiger partial charge >= 0.3 is 0 Å². The van der Waals surface area contributed by atoms with Crippen LogP contribution < -0.4 is 4.90 Å². The molecule has 0 aliphatic heterocycles. The highest BCUT2D eigenvalue weighted by molar-refractivity contribution is 6.09. The first-order valence-corrected chi connectivity index (χ1v) is 17.4. The minimum Gasteiger partial charge on any atom is -0.438 e. The summed E-state index contributed by atoms with van der Waals surface area (Å²) in [7, 11) is 0. The van der Waals surface area contributed by atoms with Gasteiger partial charge in [0.05, 0.1) is 28.0 Å². The molecular formula is C48H32N2O.